The van der Waals surface area contributed by atoms with Crippen molar-refractivity contribution in [3.05, 3.63) is 131 Å². The van der Waals surface area contributed by atoms with E-state index in [2.05, 4.69) is 21.3 Å². The summed E-state index contributed by atoms with van der Waals surface area (Å²) in [7, 11) is 1.52. The number of benzene rings is 4. The van der Waals surface area contributed by atoms with Gasteiger partial charge in [0.05, 0.1) is 5.69 Å². The molecule has 5 amide bonds. The Labute approximate surface area is 326 Å². The summed E-state index contributed by atoms with van der Waals surface area (Å²) in [5.74, 6) is -2.12. The highest BCUT2D eigenvalue weighted by atomic mass is 16.6. The molecule has 4 atom stereocenters. The van der Waals surface area contributed by atoms with E-state index in [9.17, 15) is 29.1 Å². The number of nitrogens with zero attached hydrogens (tertiary/aromatic N) is 1. The first kappa shape index (κ1) is 41.0. The van der Waals surface area contributed by atoms with E-state index < -0.39 is 65.5 Å². The normalized spacial score (nSPS) is 16.5. The number of anilines is 1. The minimum absolute atomic E-state index is 0.0466. The van der Waals surface area contributed by atoms with E-state index in [4.69, 9.17) is 9.47 Å². The second kappa shape index (κ2) is 17.9. The summed E-state index contributed by atoms with van der Waals surface area (Å²) in [6.45, 7) is 7.01. The van der Waals surface area contributed by atoms with Crippen LogP contribution in [-0.2, 0) is 49.1 Å². The fraction of sp³-hybridized carbons (Fsp3) is 0.326. The number of amides is 5. The number of nitrogens with one attached hydrogen (secondary N) is 4. The van der Waals surface area contributed by atoms with Crippen molar-refractivity contribution in [2.24, 2.45) is 0 Å². The maximum Gasteiger partial charge on any atom is 0.408 e. The Morgan fingerprint density at radius 3 is 1.98 bits per heavy atom. The topological polar surface area (TPSA) is 175 Å². The van der Waals surface area contributed by atoms with Crippen LogP contribution in [0, 0.1) is 0 Å². The Balaban J connectivity index is 1.30. The van der Waals surface area contributed by atoms with Crippen molar-refractivity contribution >= 4 is 35.4 Å². The first-order valence-corrected chi connectivity index (χ1v) is 18.4. The van der Waals surface area contributed by atoms with Crippen LogP contribution in [0.25, 0.3) is 0 Å². The number of carbonyl (C=O) groups is 5. The fourth-order valence-electron chi connectivity index (χ4n) is 6.26. The van der Waals surface area contributed by atoms with Crippen LogP contribution in [0.5, 0.6) is 5.75 Å². The second-order valence-electron chi connectivity index (χ2n) is 14.8. The SMILES string of the molecule is C[C@H](NC(=O)[C@H](Cc1ccc(OCc2ccccc2)cc1)NC(=O)OC(C)(C)C)C(=O)N[C@@H](C[C@@]1(O)C(=O)N(C)c2ccccc21)C(=O)NCc1ccccc1. The monoisotopic (exact) mass is 763 g/mol. The number of carbonyl (C=O) groups excluding carboxylic acids is 5. The summed E-state index contributed by atoms with van der Waals surface area (Å²) in [4.78, 5) is 68.8. The molecule has 5 N–H and O–H groups in total. The number of alkyl carbamates (subject to hydrolysis) is 1. The average molecular weight is 764 g/mol. The molecule has 0 aliphatic carbocycles. The van der Waals surface area contributed by atoms with E-state index in [0.29, 0.717) is 29.2 Å². The van der Waals surface area contributed by atoms with Gasteiger partial charge in [0.25, 0.3) is 5.91 Å². The lowest BCUT2D eigenvalue weighted by Crippen LogP contribution is -2.57. The smallest absolute Gasteiger partial charge is 0.408 e. The molecule has 13 nitrogen and oxygen atoms in total. The molecule has 0 saturated carbocycles. The van der Waals surface area contributed by atoms with Crippen LogP contribution < -0.4 is 30.9 Å². The molecule has 0 fully saturated rings. The van der Waals surface area contributed by atoms with Crippen molar-refractivity contribution in [3.8, 4) is 5.75 Å². The highest BCUT2D eigenvalue weighted by molar-refractivity contribution is 6.07. The molecule has 0 saturated heterocycles. The minimum Gasteiger partial charge on any atom is -0.489 e. The molecule has 294 valence electrons. The molecule has 1 aliphatic rings. The van der Waals surface area contributed by atoms with Crippen LogP contribution in [0.15, 0.2) is 109 Å². The lowest BCUT2D eigenvalue weighted by atomic mass is 9.88. The van der Waals surface area contributed by atoms with E-state index in [1.807, 2.05) is 60.7 Å². The molecular weight excluding hydrogens is 714 g/mol. The summed E-state index contributed by atoms with van der Waals surface area (Å²) < 4.78 is 11.3. The molecule has 0 bridgehead atoms. The van der Waals surface area contributed by atoms with E-state index in [-0.39, 0.29) is 13.0 Å². The second-order valence-corrected chi connectivity index (χ2v) is 14.8. The highest BCUT2D eigenvalue weighted by Gasteiger charge is 2.50. The Kier molecular flexibility index (Phi) is 13.1. The standard InChI is InChI=1S/C43H49N5O8/c1-28(45-39(51)34(47-41(53)56-42(2,3)4)24-29-20-22-32(23-21-29)55-27-31-16-10-7-11-17-31)37(49)46-35(38(50)44-26-30-14-8-6-9-15-30)25-43(54)33-18-12-13-19-36(33)48(5)40(43)52/h6-23,28,34-35,54H,24-27H2,1-5H3,(H,44,50)(H,45,51)(H,46,49)(H,47,53)/t28-,34-,35-,43-/m0/s1. The zero-order valence-electron chi connectivity index (χ0n) is 32.2. The van der Waals surface area contributed by atoms with Crippen molar-refractivity contribution in [2.75, 3.05) is 11.9 Å². The van der Waals surface area contributed by atoms with Crippen LogP contribution in [0.4, 0.5) is 10.5 Å². The Morgan fingerprint density at radius 1 is 0.732 bits per heavy atom. The van der Waals surface area contributed by atoms with Gasteiger partial charge in [-0.1, -0.05) is 91.0 Å². The van der Waals surface area contributed by atoms with Gasteiger partial charge in [0.2, 0.25) is 17.7 Å². The summed E-state index contributed by atoms with van der Waals surface area (Å²) in [6, 6.07) is 28.8. The quantitative estimate of drug-likeness (QED) is 0.119. The van der Waals surface area contributed by atoms with Crippen LogP contribution in [0.2, 0.25) is 0 Å². The summed E-state index contributed by atoms with van der Waals surface area (Å²) in [5, 5.41) is 22.5. The van der Waals surface area contributed by atoms with Gasteiger partial charge in [-0.3, -0.25) is 19.2 Å². The molecule has 56 heavy (non-hydrogen) atoms. The van der Waals surface area contributed by atoms with Gasteiger partial charge >= 0.3 is 6.09 Å². The number of rotatable bonds is 15. The third-order valence-electron chi connectivity index (χ3n) is 9.18. The zero-order chi connectivity index (χ0) is 40.5. The summed E-state index contributed by atoms with van der Waals surface area (Å²) >= 11 is 0. The van der Waals surface area contributed by atoms with Gasteiger partial charge < -0.3 is 40.7 Å². The average Bonchev–Trinajstić information content (AvgIpc) is 3.36. The van der Waals surface area contributed by atoms with Crippen molar-refractivity contribution in [1.82, 2.24) is 21.3 Å². The number of aliphatic hydroxyl groups is 1. The predicted molar refractivity (Wildman–Crippen MR) is 210 cm³/mol. The molecule has 0 radical (unpaired) electrons. The number of likely N-dealkylation sites (N-methyl/N-ethyl adjacent to an activating group) is 1. The van der Waals surface area contributed by atoms with Gasteiger partial charge in [0, 0.05) is 32.0 Å². The van der Waals surface area contributed by atoms with E-state index in [1.54, 1.807) is 69.3 Å². The molecule has 0 aromatic heterocycles. The molecule has 0 spiro atoms. The molecule has 1 heterocycles. The number of fused-ring (bicyclic) bond motifs is 1. The van der Waals surface area contributed by atoms with Crippen molar-refractivity contribution in [3.63, 3.8) is 0 Å². The third-order valence-corrected chi connectivity index (χ3v) is 9.18. The van der Waals surface area contributed by atoms with Crippen molar-refractivity contribution in [2.45, 2.75) is 83.0 Å². The number of hydrogen-bond acceptors (Lipinski definition) is 8. The molecular formula is C43H49N5O8. The largest absolute Gasteiger partial charge is 0.489 e. The fourth-order valence-corrected chi connectivity index (χ4v) is 6.26. The maximum atomic E-state index is 13.8. The van der Waals surface area contributed by atoms with Crippen LogP contribution in [0.1, 0.15) is 56.4 Å². The lowest BCUT2D eigenvalue weighted by Gasteiger charge is -2.29. The molecule has 5 rings (SSSR count). The third kappa shape index (κ3) is 10.7. The first-order chi connectivity index (χ1) is 26.6. The predicted octanol–water partition coefficient (Wildman–Crippen LogP) is 4.26. The van der Waals surface area contributed by atoms with Gasteiger partial charge in [-0.25, -0.2) is 4.79 Å². The number of para-hydroxylation sites is 1. The molecule has 4 aromatic carbocycles. The van der Waals surface area contributed by atoms with Gasteiger partial charge in [0.1, 0.15) is 36.1 Å². The number of ether oxygens (including phenoxy) is 2. The van der Waals surface area contributed by atoms with E-state index in [0.717, 1.165) is 11.1 Å². The number of hydrogen-bond donors (Lipinski definition) is 5. The van der Waals surface area contributed by atoms with Crippen LogP contribution >= 0.6 is 0 Å². The Morgan fingerprint density at radius 2 is 1.34 bits per heavy atom. The molecule has 0 unspecified atom stereocenters. The minimum atomic E-state index is -2.12. The summed E-state index contributed by atoms with van der Waals surface area (Å²) in [6.07, 6.45) is -1.26. The van der Waals surface area contributed by atoms with Crippen molar-refractivity contribution in [1.29, 1.82) is 0 Å². The van der Waals surface area contributed by atoms with Crippen molar-refractivity contribution < 1.29 is 38.6 Å². The van der Waals surface area contributed by atoms with Gasteiger partial charge in [0.15, 0.2) is 5.60 Å². The lowest BCUT2D eigenvalue weighted by molar-refractivity contribution is -0.140. The zero-order valence-corrected chi connectivity index (χ0v) is 32.2. The summed E-state index contributed by atoms with van der Waals surface area (Å²) in [5.41, 5.74) is 0.318. The first-order valence-electron chi connectivity index (χ1n) is 18.4. The molecule has 1 aliphatic heterocycles. The van der Waals surface area contributed by atoms with E-state index in [1.165, 1.54) is 18.9 Å². The van der Waals surface area contributed by atoms with Crippen LogP contribution in [-0.4, -0.2) is 65.6 Å². The van der Waals surface area contributed by atoms with Gasteiger partial charge in [-0.05, 0) is 62.6 Å². The highest BCUT2D eigenvalue weighted by Crippen LogP contribution is 2.42. The maximum absolute atomic E-state index is 13.8. The molecule has 13 heteroatoms. The Bertz CT molecular complexity index is 2000. The van der Waals surface area contributed by atoms with Crippen LogP contribution in [0.3, 0.4) is 0 Å². The van der Waals surface area contributed by atoms with E-state index >= 15 is 0 Å². The van der Waals surface area contributed by atoms with Gasteiger partial charge in [-0.2, -0.15) is 0 Å². The van der Waals surface area contributed by atoms with Gasteiger partial charge in [-0.15, -0.1) is 0 Å². The molecule has 4 aromatic rings. The Hall–Kier alpha value is -6.21.